The molecule has 1 N–H and O–H groups in total. The van der Waals surface area contributed by atoms with E-state index in [0.717, 1.165) is 24.3 Å². The SMILES string of the molecule is Cc1ccc(OCC[C@@H]2CN(C(=O)OCc3ccccc3)CCN2)cc1C. The highest BCUT2D eigenvalue weighted by molar-refractivity contribution is 5.67. The van der Waals surface area contributed by atoms with Gasteiger partial charge in [0.05, 0.1) is 6.61 Å². The van der Waals surface area contributed by atoms with Gasteiger partial charge in [-0.2, -0.15) is 0 Å². The molecule has 1 saturated heterocycles. The minimum absolute atomic E-state index is 0.217. The van der Waals surface area contributed by atoms with E-state index in [1.54, 1.807) is 4.90 Å². The van der Waals surface area contributed by atoms with Gasteiger partial charge in [0.2, 0.25) is 0 Å². The van der Waals surface area contributed by atoms with Gasteiger partial charge in [-0.15, -0.1) is 0 Å². The molecule has 1 aliphatic rings. The van der Waals surface area contributed by atoms with Gasteiger partial charge >= 0.3 is 6.09 Å². The Morgan fingerprint density at radius 2 is 1.96 bits per heavy atom. The van der Waals surface area contributed by atoms with Crippen molar-refractivity contribution in [3.8, 4) is 5.75 Å². The van der Waals surface area contributed by atoms with E-state index in [0.29, 0.717) is 26.3 Å². The number of aryl methyl sites for hydroxylation is 2. The molecule has 144 valence electrons. The zero-order valence-corrected chi connectivity index (χ0v) is 16.1. The van der Waals surface area contributed by atoms with Crippen molar-refractivity contribution in [2.24, 2.45) is 0 Å². The van der Waals surface area contributed by atoms with Crippen molar-refractivity contribution in [1.29, 1.82) is 0 Å². The molecule has 1 fully saturated rings. The van der Waals surface area contributed by atoms with Gasteiger partial charge in [0.1, 0.15) is 12.4 Å². The molecule has 5 heteroatoms. The van der Waals surface area contributed by atoms with Gasteiger partial charge < -0.3 is 19.7 Å². The molecule has 0 radical (unpaired) electrons. The maximum absolute atomic E-state index is 12.3. The van der Waals surface area contributed by atoms with Crippen LogP contribution in [0.2, 0.25) is 0 Å². The number of carbonyl (C=O) groups is 1. The molecule has 1 aliphatic heterocycles. The predicted molar refractivity (Wildman–Crippen MR) is 106 cm³/mol. The number of hydrogen-bond donors (Lipinski definition) is 1. The van der Waals surface area contributed by atoms with Crippen LogP contribution in [0.1, 0.15) is 23.1 Å². The van der Waals surface area contributed by atoms with Crippen molar-refractivity contribution >= 4 is 6.09 Å². The summed E-state index contributed by atoms with van der Waals surface area (Å²) >= 11 is 0. The van der Waals surface area contributed by atoms with Gasteiger partial charge in [-0.1, -0.05) is 36.4 Å². The van der Waals surface area contributed by atoms with Crippen LogP contribution in [0.15, 0.2) is 48.5 Å². The fraction of sp³-hybridized carbons (Fsp3) is 0.409. The van der Waals surface area contributed by atoms with E-state index in [4.69, 9.17) is 9.47 Å². The molecule has 0 bridgehead atoms. The molecule has 0 saturated carbocycles. The van der Waals surface area contributed by atoms with Gasteiger partial charge in [0.25, 0.3) is 0 Å². The third-order valence-corrected chi connectivity index (χ3v) is 4.93. The van der Waals surface area contributed by atoms with Crippen LogP contribution in [0.5, 0.6) is 5.75 Å². The summed E-state index contributed by atoms with van der Waals surface area (Å²) < 4.78 is 11.3. The molecule has 1 amide bonds. The molecule has 0 aromatic heterocycles. The first-order chi connectivity index (χ1) is 13.1. The molecule has 3 rings (SSSR count). The Morgan fingerprint density at radius 1 is 1.15 bits per heavy atom. The molecular weight excluding hydrogens is 340 g/mol. The van der Waals surface area contributed by atoms with Crippen LogP contribution in [0.25, 0.3) is 0 Å². The van der Waals surface area contributed by atoms with Gasteiger partial charge in [-0.3, -0.25) is 0 Å². The Morgan fingerprint density at radius 3 is 2.74 bits per heavy atom. The summed E-state index contributed by atoms with van der Waals surface area (Å²) in [6.07, 6.45) is 0.593. The lowest BCUT2D eigenvalue weighted by molar-refractivity contribution is 0.0827. The number of hydrogen-bond acceptors (Lipinski definition) is 4. The Labute approximate surface area is 161 Å². The Hall–Kier alpha value is -2.53. The van der Waals surface area contributed by atoms with E-state index in [-0.39, 0.29) is 12.1 Å². The van der Waals surface area contributed by atoms with E-state index in [1.165, 1.54) is 11.1 Å². The lowest BCUT2D eigenvalue weighted by Crippen LogP contribution is -2.53. The van der Waals surface area contributed by atoms with Gasteiger partial charge in [-0.25, -0.2) is 4.79 Å². The second-order valence-corrected chi connectivity index (χ2v) is 7.02. The van der Waals surface area contributed by atoms with Gasteiger partial charge in [-0.05, 0) is 49.1 Å². The first-order valence-corrected chi connectivity index (χ1v) is 9.51. The Kier molecular flexibility index (Phi) is 6.71. The van der Waals surface area contributed by atoms with Crippen molar-refractivity contribution in [1.82, 2.24) is 10.2 Å². The van der Waals surface area contributed by atoms with E-state index < -0.39 is 0 Å². The number of piperazine rings is 1. The Bertz CT molecular complexity index is 748. The summed E-state index contributed by atoms with van der Waals surface area (Å²) in [7, 11) is 0. The number of carbonyl (C=O) groups excluding carboxylic acids is 1. The van der Waals surface area contributed by atoms with Crippen molar-refractivity contribution in [2.45, 2.75) is 32.9 Å². The van der Waals surface area contributed by atoms with E-state index in [2.05, 4.69) is 31.3 Å². The highest BCUT2D eigenvalue weighted by atomic mass is 16.6. The first-order valence-electron chi connectivity index (χ1n) is 9.51. The maximum atomic E-state index is 12.3. The molecule has 1 heterocycles. The van der Waals surface area contributed by atoms with Crippen LogP contribution in [0, 0.1) is 13.8 Å². The molecule has 5 nitrogen and oxygen atoms in total. The number of amides is 1. The smallest absolute Gasteiger partial charge is 0.410 e. The molecule has 27 heavy (non-hydrogen) atoms. The molecule has 0 aliphatic carbocycles. The molecule has 2 aromatic carbocycles. The van der Waals surface area contributed by atoms with Crippen molar-refractivity contribution < 1.29 is 14.3 Å². The third kappa shape index (κ3) is 5.73. The minimum atomic E-state index is -0.250. The van der Waals surface area contributed by atoms with Crippen LogP contribution >= 0.6 is 0 Å². The summed E-state index contributed by atoms with van der Waals surface area (Å²) in [5.41, 5.74) is 3.50. The highest BCUT2D eigenvalue weighted by Crippen LogP contribution is 2.17. The average Bonchev–Trinajstić information content (AvgIpc) is 2.70. The van der Waals surface area contributed by atoms with Gasteiger partial charge in [0, 0.05) is 25.7 Å². The number of ether oxygens (including phenoxy) is 2. The van der Waals surface area contributed by atoms with E-state index in [9.17, 15) is 4.79 Å². The lowest BCUT2D eigenvalue weighted by Gasteiger charge is -2.33. The number of nitrogens with one attached hydrogen (secondary N) is 1. The summed E-state index contributed by atoms with van der Waals surface area (Å²) in [6.45, 7) is 7.19. The average molecular weight is 368 g/mol. The topological polar surface area (TPSA) is 50.8 Å². The van der Waals surface area contributed by atoms with Crippen LogP contribution in [0.3, 0.4) is 0 Å². The maximum Gasteiger partial charge on any atom is 0.410 e. The highest BCUT2D eigenvalue weighted by Gasteiger charge is 2.24. The van der Waals surface area contributed by atoms with Crippen LogP contribution < -0.4 is 10.1 Å². The summed E-state index contributed by atoms with van der Waals surface area (Å²) in [4.78, 5) is 14.1. The lowest BCUT2D eigenvalue weighted by atomic mass is 10.1. The molecule has 1 atom stereocenters. The largest absolute Gasteiger partial charge is 0.494 e. The zero-order valence-electron chi connectivity index (χ0n) is 16.1. The molecular formula is C22H28N2O3. The summed E-state index contributed by atoms with van der Waals surface area (Å²) in [5, 5.41) is 3.46. The standard InChI is InChI=1S/C22H28N2O3/c1-17-8-9-21(14-18(17)2)26-13-10-20-15-24(12-11-23-20)22(25)27-16-19-6-4-3-5-7-19/h3-9,14,20,23H,10-13,15-16H2,1-2H3/t20-/m1/s1. The third-order valence-electron chi connectivity index (χ3n) is 4.93. The molecule has 0 unspecified atom stereocenters. The summed E-state index contributed by atoms with van der Waals surface area (Å²) in [5.74, 6) is 0.896. The monoisotopic (exact) mass is 368 g/mol. The van der Waals surface area contributed by atoms with Crippen LogP contribution in [0.4, 0.5) is 4.79 Å². The number of benzene rings is 2. The van der Waals surface area contributed by atoms with Crippen LogP contribution in [-0.2, 0) is 11.3 Å². The second-order valence-electron chi connectivity index (χ2n) is 7.02. The fourth-order valence-corrected chi connectivity index (χ4v) is 3.12. The molecule has 0 spiro atoms. The predicted octanol–water partition coefficient (Wildman–Crippen LogP) is 3.68. The number of rotatable bonds is 6. The van der Waals surface area contributed by atoms with Crippen LogP contribution in [-0.4, -0.2) is 43.3 Å². The summed E-state index contributed by atoms with van der Waals surface area (Å²) in [6, 6.07) is 16.1. The zero-order chi connectivity index (χ0) is 19.1. The van der Waals surface area contributed by atoms with Crippen molar-refractivity contribution in [3.05, 3.63) is 65.2 Å². The van der Waals surface area contributed by atoms with Crippen molar-refractivity contribution in [2.75, 3.05) is 26.2 Å². The normalized spacial score (nSPS) is 16.8. The number of nitrogens with zero attached hydrogens (tertiary/aromatic N) is 1. The van der Waals surface area contributed by atoms with Crippen molar-refractivity contribution in [3.63, 3.8) is 0 Å². The first kappa shape index (κ1) is 19.2. The fourth-order valence-electron chi connectivity index (χ4n) is 3.12. The quantitative estimate of drug-likeness (QED) is 0.845. The van der Waals surface area contributed by atoms with Gasteiger partial charge in [0.15, 0.2) is 0 Å². The van der Waals surface area contributed by atoms with E-state index in [1.807, 2.05) is 36.4 Å². The minimum Gasteiger partial charge on any atom is -0.494 e. The van der Waals surface area contributed by atoms with E-state index >= 15 is 0 Å². The Balaban J connectivity index is 1.41. The second kappa shape index (κ2) is 9.42. The molecule has 2 aromatic rings.